The summed E-state index contributed by atoms with van der Waals surface area (Å²) in [6.07, 6.45) is 3.23. The number of hydrogen-bond donors (Lipinski definition) is 1. The Morgan fingerprint density at radius 1 is 1.50 bits per heavy atom. The minimum absolute atomic E-state index is 0.0464. The lowest BCUT2D eigenvalue weighted by atomic mass is 9.74. The van der Waals surface area contributed by atoms with Crippen LogP contribution in [-0.4, -0.2) is 25.0 Å². The van der Waals surface area contributed by atoms with Crippen molar-refractivity contribution in [3.8, 4) is 0 Å². The summed E-state index contributed by atoms with van der Waals surface area (Å²) in [4.78, 5) is 0. The van der Waals surface area contributed by atoms with Crippen LogP contribution in [0.5, 0.6) is 0 Å². The molecule has 0 saturated carbocycles. The standard InChI is InChI=1S/C15H26N2O2S/c1-10-6-12-13(16)7-15(3,4)8-14(12)17(10)11(2)9-20(5,18)19/h6,11,13H,7-9,16H2,1-5H3. The fraction of sp³-hybridized carbons (Fsp3) is 0.733. The van der Waals surface area contributed by atoms with Crippen LogP contribution in [0.2, 0.25) is 0 Å². The van der Waals surface area contributed by atoms with Gasteiger partial charge in [0, 0.05) is 29.7 Å². The van der Waals surface area contributed by atoms with Crippen LogP contribution >= 0.6 is 0 Å². The van der Waals surface area contributed by atoms with E-state index in [0.717, 1.165) is 18.5 Å². The van der Waals surface area contributed by atoms with Gasteiger partial charge in [-0.3, -0.25) is 0 Å². The molecule has 0 radical (unpaired) electrons. The largest absolute Gasteiger partial charge is 0.345 e. The Bertz CT molecular complexity index is 614. The molecular formula is C15H26N2O2S. The molecule has 0 bridgehead atoms. The maximum atomic E-state index is 11.6. The van der Waals surface area contributed by atoms with E-state index in [0.29, 0.717) is 0 Å². The number of sulfone groups is 1. The molecular weight excluding hydrogens is 272 g/mol. The van der Waals surface area contributed by atoms with E-state index in [2.05, 4.69) is 24.5 Å². The highest BCUT2D eigenvalue weighted by atomic mass is 32.2. The van der Waals surface area contributed by atoms with Crippen LogP contribution in [0.1, 0.15) is 56.2 Å². The first-order valence-corrected chi connectivity index (χ1v) is 9.20. The van der Waals surface area contributed by atoms with Gasteiger partial charge in [-0.1, -0.05) is 13.8 Å². The van der Waals surface area contributed by atoms with Crippen LogP contribution < -0.4 is 5.73 Å². The van der Waals surface area contributed by atoms with E-state index < -0.39 is 9.84 Å². The number of nitrogens with two attached hydrogens (primary N) is 1. The van der Waals surface area contributed by atoms with Gasteiger partial charge in [0.25, 0.3) is 0 Å². The monoisotopic (exact) mass is 298 g/mol. The molecule has 1 aliphatic carbocycles. The van der Waals surface area contributed by atoms with Crippen molar-refractivity contribution < 1.29 is 8.42 Å². The topological polar surface area (TPSA) is 65.1 Å². The maximum absolute atomic E-state index is 11.6. The Morgan fingerprint density at radius 2 is 2.10 bits per heavy atom. The van der Waals surface area contributed by atoms with E-state index in [1.54, 1.807) is 0 Å². The number of aromatic nitrogens is 1. The summed E-state index contributed by atoms with van der Waals surface area (Å²) in [6.45, 7) is 8.46. The van der Waals surface area contributed by atoms with Crippen molar-refractivity contribution in [2.45, 2.75) is 52.6 Å². The zero-order valence-corrected chi connectivity index (χ0v) is 13.9. The second-order valence-electron chi connectivity index (χ2n) is 7.15. The molecule has 2 N–H and O–H groups in total. The Hall–Kier alpha value is -0.810. The third-order valence-corrected chi connectivity index (χ3v) is 5.26. The third-order valence-electron chi connectivity index (χ3n) is 4.17. The first-order valence-electron chi connectivity index (χ1n) is 7.14. The van der Waals surface area contributed by atoms with Crippen LogP contribution in [0, 0.1) is 12.3 Å². The maximum Gasteiger partial charge on any atom is 0.149 e. The fourth-order valence-electron chi connectivity index (χ4n) is 3.60. The second kappa shape index (κ2) is 4.88. The summed E-state index contributed by atoms with van der Waals surface area (Å²) in [5, 5.41) is 0. The molecule has 0 aromatic carbocycles. The molecule has 0 spiro atoms. The summed E-state index contributed by atoms with van der Waals surface area (Å²) >= 11 is 0. The smallest absolute Gasteiger partial charge is 0.149 e. The highest BCUT2D eigenvalue weighted by molar-refractivity contribution is 7.90. The Morgan fingerprint density at radius 3 is 2.65 bits per heavy atom. The van der Waals surface area contributed by atoms with Gasteiger partial charge in [-0.25, -0.2) is 8.42 Å². The molecule has 1 heterocycles. The van der Waals surface area contributed by atoms with Gasteiger partial charge in [0.2, 0.25) is 0 Å². The number of fused-ring (bicyclic) bond motifs is 1. The van der Waals surface area contributed by atoms with Crippen molar-refractivity contribution >= 4 is 9.84 Å². The molecule has 2 atom stereocenters. The van der Waals surface area contributed by atoms with Crippen LogP contribution in [0.15, 0.2) is 6.07 Å². The molecule has 1 aromatic heterocycles. The summed E-state index contributed by atoms with van der Waals surface area (Å²) in [6, 6.07) is 2.14. The van der Waals surface area contributed by atoms with Crippen LogP contribution in [0.3, 0.4) is 0 Å². The summed E-state index contributed by atoms with van der Waals surface area (Å²) in [5.41, 5.74) is 10.00. The van der Waals surface area contributed by atoms with Gasteiger partial charge in [0.05, 0.1) is 5.75 Å². The van der Waals surface area contributed by atoms with Gasteiger partial charge in [-0.2, -0.15) is 0 Å². The molecule has 20 heavy (non-hydrogen) atoms. The SMILES string of the molecule is Cc1cc2c(n1C(C)CS(C)(=O)=O)CC(C)(C)CC2N. The van der Waals surface area contributed by atoms with Gasteiger partial charge in [0.1, 0.15) is 9.84 Å². The Labute approximate surface area is 122 Å². The van der Waals surface area contributed by atoms with E-state index in [4.69, 9.17) is 5.73 Å². The fourth-order valence-corrected chi connectivity index (χ4v) is 4.62. The number of hydrogen-bond acceptors (Lipinski definition) is 3. The van der Waals surface area contributed by atoms with E-state index in [1.165, 1.54) is 17.5 Å². The first kappa shape index (κ1) is 15.6. The predicted molar refractivity (Wildman–Crippen MR) is 82.6 cm³/mol. The first-order chi connectivity index (χ1) is 9.00. The van der Waals surface area contributed by atoms with Gasteiger partial charge in [-0.05, 0) is 43.7 Å². The van der Waals surface area contributed by atoms with Gasteiger partial charge in [-0.15, -0.1) is 0 Å². The van der Waals surface area contributed by atoms with Gasteiger partial charge in [0.15, 0.2) is 0 Å². The molecule has 0 fully saturated rings. The van der Waals surface area contributed by atoms with E-state index >= 15 is 0 Å². The van der Waals surface area contributed by atoms with Crippen LogP contribution in [-0.2, 0) is 16.3 Å². The number of aryl methyl sites for hydroxylation is 1. The second-order valence-corrected chi connectivity index (χ2v) is 9.34. The summed E-state index contributed by atoms with van der Waals surface area (Å²) in [5.74, 6) is 0.171. The Kier molecular flexibility index (Phi) is 3.80. The van der Waals surface area contributed by atoms with E-state index in [1.807, 2.05) is 13.8 Å². The summed E-state index contributed by atoms with van der Waals surface area (Å²) in [7, 11) is -2.99. The van der Waals surface area contributed by atoms with Crippen molar-refractivity contribution in [2.75, 3.05) is 12.0 Å². The highest BCUT2D eigenvalue weighted by Crippen LogP contribution is 2.41. The Balaban J connectivity index is 2.46. The lowest BCUT2D eigenvalue weighted by Gasteiger charge is -2.35. The predicted octanol–water partition coefficient (Wildman–Crippen LogP) is 2.37. The molecule has 0 saturated heterocycles. The summed E-state index contributed by atoms with van der Waals surface area (Å²) < 4.78 is 25.3. The molecule has 1 aliphatic rings. The highest BCUT2D eigenvalue weighted by Gasteiger charge is 2.34. The molecule has 1 aromatic rings. The van der Waals surface area contributed by atoms with Crippen molar-refractivity contribution in [1.29, 1.82) is 0 Å². The van der Waals surface area contributed by atoms with Gasteiger partial charge >= 0.3 is 0 Å². The zero-order chi connectivity index (χ0) is 15.3. The van der Waals surface area contributed by atoms with Crippen molar-refractivity contribution in [3.63, 3.8) is 0 Å². The van der Waals surface area contributed by atoms with Crippen molar-refractivity contribution in [2.24, 2.45) is 11.1 Å². The quantitative estimate of drug-likeness (QED) is 0.931. The third kappa shape index (κ3) is 3.09. The van der Waals surface area contributed by atoms with Crippen molar-refractivity contribution in [3.05, 3.63) is 23.0 Å². The molecule has 4 nitrogen and oxygen atoms in total. The molecule has 5 heteroatoms. The lowest BCUT2D eigenvalue weighted by Crippen LogP contribution is -2.31. The minimum atomic E-state index is -2.99. The van der Waals surface area contributed by atoms with Crippen LogP contribution in [0.25, 0.3) is 0 Å². The molecule has 2 rings (SSSR count). The average molecular weight is 298 g/mol. The molecule has 0 aliphatic heterocycles. The molecule has 2 unspecified atom stereocenters. The van der Waals surface area contributed by atoms with Gasteiger partial charge < -0.3 is 10.3 Å². The number of rotatable bonds is 3. The lowest BCUT2D eigenvalue weighted by molar-refractivity contribution is 0.273. The average Bonchev–Trinajstić information content (AvgIpc) is 2.50. The van der Waals surface area contributed by atoms with E-state index in [-0.39, 0.29) is 23.3 Å². The molecule has 0 amide bonds. The molecule has 114 valence electrons. The minimum Gasteiger partial charge on any atom is -0.345 e. The normalized spacial score (nSPS) is 23.4. The van der Waals surface area contributed by atoms with Crippen LogP contribution in [0.4, 0.5) is 0 Å². The number of nitrogens with zero attached hydrogens (tertiary/aromatic N) is 1. The van der Waals surface area contributed by atoms with E-state index in [9.17, 15) is 8.42 Å². The van der Waals surface area contributed by atoms with Crippen molar-refractivity contribution in [1.82, 2.24) is 4.57 Å². The zero-order valence-electron chi connectivity index (χ0n) is 13.1.